The molecule has 1 aromatic heterocycles. The van der Waals surface area contributed by atoms with Crippen LogP contribution < -0.4 is 11.0 Å². The summed E-state index contributed by atoms with van der Waals surface area (Å²) in [6, 6.07) is 14.0. The van der Waals surface area contributed by atoms with Gasteiger partial charge < -0.3 is 5.11 Å². The van der Waals surface area contributed by atoms with Crippen LogP contribution in [0.4, 0.5) is 5.95 Å². The lowest BCUT2D eigenvalue weighted by Gasteiger charge is -2.01. The number of hydrogen-bond acceptors (Lipinski definition) is 6. The molecule has 1 heterocycles. The van der Waals surface area contributed by atoms with Crippen molar-refractivity contribution >= 4 is 28.1 Å². The van der Waals surface area contributed by atoms with E-state index in [1.165, 1.54) is 6.21 Å². The van der Waals surface area contributed by atoms with Gasteiger partial charge >= 0.3 is 0 Å². The van der Waals surface area contributed by atoms with Gasteiger partial charge in [-0.3, -0.25) is 9.78 Å². The van der Waals surface area contributed by atoms with Crippen LogP contribution in [0.15, 0.2) is 62.9 Å². The third-order valence-corrected chi connectivity index (χ3v) is 3.74. The van der Waals surface area contributed by atoms with Gasteiger partial charge in [-0.05, 0) is 39.7 Å². The number of hydrogen-bond donors (Lipinski definition) is 3. The number of phenolic OH excluding ortho intramolecular Hbond substituents is 1. The van der Waals surface area contributed by atoms with E-state index in [-0.39, 0.29) is 23.0 Å². The molecule has 2 aromatic carbocycles. The summed E-state index contributed by atoms with van der Waals surface area (Å²) >= 11 is 3.22. The first-order valence-corrected chi connectivity index (χ1v) is 7.73. The average molecular weight is 386 g/mol. The Hall–Kier alpha value is -3.00. The number of anilines is 1. The van der Waals surface area contributed by atoms with E-state index in [2.05, 4.69) is 41.6 Å². The maximum Gasteiger partial charge on any atom is 0.279 e. The number of phenols is 1. The Morgan fingerprint density at radius 1 is 1.17 bits per heavy atom. The summed E-state index contributed by atoms with van der Waals surface area (Å²) in [6.45, 7) is 0. The number of benzene rings is 2. The Labute approximate surface area is 145 Å². The zero-order valence-corrected chi connectivity index (χ0v) is 13.9. The van der Waals surface area contributed by atoms with Gasteiger partial charge in [-0.25, -0.2) is 5.43 Å². The maximum absolute atomic E-state index is 12.1. The number of rotatable bonds is 4. The summed E-state index contributed by atoms with van der Waals surface area (Å²) in [6.07, 6.45) is 1.52. The fraction of sp³-hybridized carbons (Fsp3) is 0. The molecule has 8 heteroatoms. The van der Waals surface area contributed by atoms with Crippen molar-refractivity contribution in [1.82, 2.24) is 15.2 Å². The van der Waals surface area contributed by atoms with Crippen LogP contribution >= 0.6 is 15.9 Å². The number of aromatic hydroxyl groups is 1. The Morgan fingerprint density at radius 3 is 2.67 bits per heavy atom. The molecule has 24 heavy (non-hydrogen) atoms. The predicted molar refractivity (Wildman–Crippen MR) is 95.1 cm³/mol. The summed E-state index contributed by atoms with van der Waals surface area (Å²) in [5.74, 6) is 0.278. The number of aromatic nitrogens is 3. The molecule has 0 radical (unpaired) electrons. The van der Waals surface area contributed by atoms with E-state index in [0.717, 1.165) is 5.56 Å². The smallest absolute Gasteiger partial charge is 0.279 e. The summed E-state index contributed by atoms with van der Waals surface area (Å²) < 4.78 is 0.562. The molecule has 3 N–H and O–H groups in total. The minimum atomic E-state index is -0.360. The molecule has 0 bridgehead atoms. The third-order valence-electron chi connectivity index (χ3n) is 3.10. The van der Waals surface area contributed by atoms with E-state index in [4.69, 9.17) is 0 Å². The van der Waals surface area contributed by atoms with E-state index in [9.17, 15) is 9.90 Å². The van der Waals surface area contributed by atoms with Gasteiger partial charge in [0.25, 0.3) is 5.56 Å². The minimum absolute atomic E-state index is 0.133. The molecule has 7 nitrogen and oxygen atoms in total. The second kappa shape index (κ2) is 7.05. The van der Waals surface area contributed by atoms with E-state index < -0.39 is 0 Å². The molecule has 120 valence electrons. The Balaban J connectivity index is 1.74. The molecular formula is C16H12BrN5O2. The summed E-state index contributed by atoms with van der Waals surface area (Å²) in [4.78, 5) is 14.6. The van der Waals surface area contributed by atoms with E-state index in [0.29, 0.717) is 10.0 Å². The number of H-pyrrole nitrogens is 1. The van der Waals surface area contributed by atoms with Crippen molar-refractivity contribution in [3.05, 3.63) is 68.9 Å². The largest absolute Gasteiger partial charge is 0.507 e. The topological polar surface area (TPSA) is 103 Å². The lowest BCUT2D eigenvalue weighted by Crippen LogP contribution is -2.15. The molecule has 0 aliphatic rings. The van der Waals surface area contributed by atoms with Gasteiger partial charge in [-0.2, -0.15) is 5.10 Å². The molecular weight excluding hydrogens is 374 g/mol. The van der Waals surface area contributed by atoms with Gasteiger partial charge in [0.15, 0.2) is 5.69 Å². The number of hydrazone groups is 1. The molecule has 0 aliphatic heterocycles. The Kier molecular flexibility index (Phi) is 4.66. The van der Waals surface area contributed by atoms with Crippen LogP contribution in [-0.4, -0.2) is 26.5 Å². The monoisotopic (exact) mass is 385 g/mol. The highest BCUT2D eigenvalue weighted by Gasteiger charge is 2.06. The molecule has 0 unspecified atom stereocenters. The van der Waals surface area contributed by atoms with Crippen LogP contribution in [0.2, 0.25) is 0 Å². The van der Waals surface area contributed by atoms with Gasteiger partial charge in [0.2, 0.25) is 5.95 Å². The standard InChI is InChI=1S/C16H12BrN5O2/c17-12-8-10(6-7-13(12)23)9-18-21-16-19-15(24)14(20-22-16)11-4-2-1-3-5-11/h1-9,23H,(H2,19,21,22,24)/b18-9+. The van der Waals surface area contributed by atoms with Crippen molar-refractivity contribution in [2.45, 2.75) is 0 Å². The number of aromatic amines is 1. The molecule has 0 spiro atoms. The van der Waals surface area contributed by atoms with E-state index in [1.54, 1.807) is 30.3 Å². The summed E-state index contributed by atoms with van der Waals surface area (Å²) in [7, 11) is 0. The first-order chi connectivity index (χ1) is 11.6. The van der Waals surface area contributed by atoms with Crippen LogP contribution in [0.25, 0.3) is 11.3 Å². The van der Waals surface area contributed by atoms with Gasteiger partial charge in [0, 0.05) is 5.56 Å². The fourth-order valence-corrected chi connectivity index (χ4v) is 2.34. The molecule has 3 aromatic rings. The minimum Gasteiger partial charge on any atom is -0.507 e. The highest BCUT2D eigenvalue weighted by Crippen LogP contribution is 2.23. The maximum atomic E-state index is 12.1. The highest BCUT2D eigenvalue weighted by atomic mass is 79.9. The molecule has 0 saturated carbocycles. The first kappa shape index (κ1) is 15.9. The zero-order chi connectivity index (χ0) is 16.9. The van der Waals surface area contributed by atoms with Crippen LogP contribution in [-0.2, 0) is 0 Å². The first-order valence-electron chi connectivity index (χ1n) is 6.93. The van der Waals surface area contributed by atoms with Crippen molar-refractivity contribution in [2.75, 3.05) is 5.43 Å². The molecule has 0 amide bonds. The predicted octanol–water partition coefficient (Wildman–Crippen LogP) is 2.75. The molecule has 0 saturated heterocycles. The normalized spacial score (nSPS) is 10.9. The van der Waals surface area contributed by atoms with Crippen LogP contribution in [0.3, 0.4) is 0 Å². The van der Waals surface area contributed by atoms with Crippen LogP contribution in [0.1, 0.15) is 5.56 Å². The lowest BCUT2D eigenvalue weighted by atomic mass is 10.2. The average Bonchev–Trinajstić information content (AvgIpc) is 2.59. The molecule has 0 fully saturated rings. The van der Waals surface area contributed by atoms with Crippen LogP contribution in [0, 0.1) is 0 Å². The number of nitrogens with one attached hydrogen (secondary N) is 2. The third kappa shape index (κ3) is 3.66. The summed E-state index contributed by atoms with van der Waals surface area (Å²) in [5.41, 5.74) is 3.94. The highest BCUT2D eigenvalue weighted by molar-refractivity contribution is 9.10. The van der Waals surface area contributed by atoms with Crippen molar-refractivity contribution < 1.29 is 5.11 Å². The second-order valence-electron chi connectivity index (χ2n) is 4.80. The zero-order valence-electron chi connectivity index (χ0n) is 12.3. The quantitative estimate of drug-likeness (QED) is 0.473. The van der Waals surface area contributed by atoms with E-state index >= 15 is 0 Å². The van der Waals surface area contributed by atoms with Crippen LogP contribution in [0.5, 0.6) is 5.75 Å². The number of halogens is 1. The second-order valence-corrected chi connectivity index (χ2v) is 5.65. The lowest BCUT2D eigenvalue weighted by molar-refractivity contribution is 0.472. The number of nitrogens with zero attached hydrogens (tertiary/aromatic N) is 3. The Bertz CT molecular complexity index is 941. The van der Waals surface area contributed by atoms with E-state index in [1.807, 2.05) is 18.2 Å². The van der Waals surface area contributed by atoms with Gasteiger partial charge in [0.05, 0.1) is 10.7 Å². The van der Waals surface area contributed by atoms with Crippen molar-refractivity contribution in [3.63, 3.8) is 0 Å². The van der Waals surface area contributed by atoms with Gasteiger partial charge in [-0.15, -0.1) is 10.2 Å². The SMILES string of the molecule is O=c1[nH]c(N/N=C/c2ccc(O)c(Br)c2)nnc1-c1ccccc1. The van der Waals surface area contributed by atoms with Crippen molar-refractivity contribution in [1.29, 1.82) is 0 Å². The molecule has 0 aliphatic carbocycles. The van der Waals surface area contributed by atoms with Gasteiger partial charge in [-0.1, -0.05) is 30.3 Å². The Morgan fingerprint density at radius 2 is 1.96 bits per heavy atom. The van der Waals surface area contributed by atoms with Crippen molar-refractivity contribution in [3.8, 4) is 17.0 Å². The van der Waals surface area contributed by atoms with Gasteiger partial charge in [0.1, 0.15) is 5.75 Å². The molecule has 3 rings (SSSR count). The fourth-order valence-electron chi connectivity index (χ4n) is 1.94. The summed E-state index contributed by atoms with van der Waals surface area (Å²) in [5, 5.41) is 21.2. The molecule has 0 atom stereocenters. The van der Waals surface area contributed by atoms with Crippen molar-refractivity contribution in [2.24, 2.45) is 5.10 Å².